The van der Waals surface area contributed by atoms with Gasteiger partial charge in [0.2, 0.25) is 5.78 Å². The third kappa shape index (κ3) is 3.79. The molecule has 3 nitrogen and oxygen atoms in total. The molecule has 0 aliphatic heterocycles. The van der Waals surface area contributed by atoms with E-state index in [1.807, 2.05) is 6.08 Å². The third-order valence-electron chi connectivity index (χ3n) is 3.63. The van der Waals surface area contributed by atoms with Crippen LogP contribution in [-0.4, -0.2) is 15.3 Å². The highest BCUT2D eigenvalue weighted by Gasteiger charge is 2.18. The van der Waals surface area contributed by atoms with Gasteiger partial charge >= 0.3 is 0 Å². The predicted molar refractivity (Wildman–Crippen MR) is 91.4 cm³/mol. The first kappa shape index (κ1) is 16.8. The van der Waals surface area contributed by atoms with Crippen LogP contribution >= 0.6 is 23.2 Å². The maximum absolute atomic E-state index is 12.9. The summed E-state index contributed by atoms with van der Waals surface area (Å²) in [7, 11) is 0. The summed E-state index contributed by atoms with van der Waals surface area (Å²) in [5.41, 5.74) is 1.01. The van der Waals surface area contributed by atoms with E-state index in [1.165, 1.54) is 0 Å². The van der Waals surface area contributed by atoms with Gasteiger partial charge in [0.1, 0.15) is 0 Å². The lowest BCUT2D eigenvalue weighted by atomic mass is 9.99. The number of Topliss-reactive ketones (excluding diaryl/α,β-unsaturated/α-hetero) is 1. The number of carbonyl (C=O) groups is 1. The molecule has 5 heteroatoms. The number of benzene rings is 1. The standard InChI is InChI=1S/C17H18Cl2N2O/c1-3-12(4-2)9-16(21-8-7-20-11-21)17(22)14-6-5-13(18)10-15(14)19/h5-12H,3-4H2,1-2H3. The molecule has 0 amide bonds. The molecule has 0 unspecified atom stereocenters. The zero-order valence-corrected chi connectivity index (χ0v) is 14.1. The van der Waals surface area contributed by atoms with Gasteiger partial charge in [-0.1, -0.05) is 43.1 Å². The van der Waals surface area contributed by atoms with E-state index in [4.69, 9.17) is 23.2 Å². The summed E-state index contributed by atoms with van der Waals surface area (Å²) in [5.74, 6) is 0.194. The molecule has 22 heavy (non-hydrogen) atoms. The second-order valence-corrected chi connectivity index (χ2v) is 5.90. The summed E-state index contributed by atoms with van der Waals surface area (Å²) in [4.78, 5) is 16.9. The summed E-state index contributed by atoms with van der Waals surface area (Å²) in [6.45, 7) is 4.21. The molecule has 0 aliphatic carbocycles. The summed E-state index contributed by atoms with van der Waals surface area (Å²) in [5, 5.41) is 0.864. The number of hydrogen-bond donors (Lipinski definition) is 0. The Balaban J connectivity index is 2.47. The molecule has 0 radical (unpaired) electrons. The lowest BCUT2D eigenvalue weighted by Crippen LogP contribution is -2.11. The van der Waals surface area contributed by atoms with E-state index >= 15 is 0 Å². The molecule has 0 saturated heterocycles. The van der Waals surface area contributed by atoms with Crippen molar-refractivity contribution in [3.8, 4) is 0 Å². The SMILES string of the molecule is CCC(C=C(C(=O)c1ccc(Cl)cc1Cl)n1ccnc1)CC. The minimum Gasteiger partial charge on any atom is -0.303 e. The molecule has 0 atom stereocenters. The molecule has 1 aromatic heterocycles. The van der Waals surface area contributed by atoms with E-state index in [2.05, 4.69) is 18.8 Å². The number of rotatable bonds is 6. The third-order valence-corrected chi connectivity index (χ3v) is 4.18. The van der Waals surface area contributed by atoms with Gasteiger partial charge in [0.15, 0.2) is 0 Å². The number of aromatic nitrogens is 2. The van der Waals surface area contributed by atoms with Gasteiger partial charge < -0.3 is 4.57 Å². The maximum Gasteiger partial charge on any atom is 0.210 e. The molecule has 0 fully saturated rings. The van der Waals surface area contributed by atoms with Crippen LogP contribution in [-0.2, 0) is 0 Å². The van der Waals surface area contributed by atoms with Gasteiger partial charge in [0.25, 0.3) is 0 Å². The van der Waals surface area contributed by atoms with Crippen molar-refractivity contribution < 1.29 is 4.79 Å². The lowest BCUT2D eigenvalue weighted by molar-refractivity contribution is 0.105. The molecule has 0 bridgehead atoms. The fraction of sp³-hybridized carbons (Fsp3) is 0.294. The average molecular weight is 337 g/mol. The topological polar surface area (TPSA) is 34.9 Å². The Kier molecular flexibility index (Phi) is 5.81. The molecule has 0 N–H and O–H groups in total. The maximum atomic E-state index is 12.9. The second kappa shape index (κ2) is 7.61. The monoisotopic (exact) mass is 336 g/mol. The Morgan fingerprint density at radius 3 is 2.59 bits per heavy atom. The highest BCUT2D eigenvalue weighted by atomic mass is 35.5. The summed E-state index contributed by atoms with van der Waals surface area (Å²) in [6.07, 6.45) is 8.96. The van der Waals surface area contributed by atoms with E-state index in [0.29, 0.717) is 27.2 Å². The van der Waals surface area contributed by atoms with Gasteiger partial charge in [-0.3, -0.25) is 4.79 Å². The number of nitrogens with zero attached hydrogens (tertiary/aromatic N) is 2. The fourth-order valence-electron chi connectivity index (χ4n) is 2.24. The molecular formula is C17H18Cl2N2O. The van der Waals surface area contributed by atoms with E-state index in [9.17, 15) is 4.79 Å². The van der Waals surface area contributed by atoms with Crippen molar-refractivity contribution in [2.75, 3.05) is 0 Å². The molecular weight excluding hydrogens is 319 g/mol. The highest BCUT2D eigenvalue weighted by Crippen LogP contribution is 2.26. The highest BCUT2D eigenvalue weighted by molar-refractivity contribution is 6.39. The van der Waals surface area contributed by atoms with Gasteiger partial charge in [-0.25, -0.2) is 4.98 Å². The number of halogens is 2. The number of carbonyl (C=O) groups excluding carboxylic acids is 1. The van der Waals surface area contributed by atoms with Crippen LogP contribution < -0.4 is 0 Å². The van der Waals surface area contributed by atoms with Crippen molar-refractivity contribution in [3.63, 3.8) is 0 Å². The molecule has 0 spiro atoms. The van der Waals surface area contributed by atoms with Gasteiger partial charge in [-0.05, 0) is 37.0 Å². The van der Waals surface area contributed by atoms with E-state index in [-0.39, 0.29) is 5.78 Å². The smallest absolute Gasteiger partial charge is 0.210 e. The molecule has 2 rings (SSSR count). The van der Waals surface area contributed by atoms with Crippen LogP contribution in [0.1, 0.15) is 37.0 Å². The Morgan fingerprint density at radius 1 is 1.32 bits per heavy atom. The number of allylic oxidation sites excluding steroid dienone is 2. The first-order chi connectivity index (χ1) is 10.6. The van der Waals surface area contributed by atoms with Gasteiger partial charge in [0, 0.05) is 23.0 Å². The van der Waals surface area contributed by atoms with Crippen molar-refractivity contribution >= 4 is 34.7 Å². The normalized spacial score (nSPS) is 12.0. The zero-order valence-electron chi connectivity index (χ0n) is 12.6. The van der Waals surface area contributed by atoms with Crippen LogP contribution in [0.2, 0.25) is 10.0 Å². The molecule has 1 aromatic carbocycles. The fourth-order valence-corrected chi connectivity index (χ4v) is 2.73. The van der Waals surface area contributed by atoms with Crippen LogP contribution in [0.3, 0.4) is 0 Å². The van der Waals surface area contributed by atoms with E-state index in [0.717, 1.165) is 12.8 Å². The van der Waals surface area contributed by atoms with Crippen LogP contribution in [0.4, 0.5) is 0 Å². The first-order valence-corrected chi connectivity index (χ1v) is 8.02. The average Bonchev–Trinajstić information content (AvgIpc) is 3.02. The lowest BCUT2D eigenvalue weighted by Gasteiger charge is -2.13. The van der Waals surface area contributed by atoms with Crippen LogP contribution in [0.15, 0.2) is 43.0 Å². The minimum absolute atomic E-state index is 0.133. The second-order valence-electron chi connectivity index (χ2n) is 5.05. The Morgan fingerprint density at radius 2 is 2.05 bits per heavy atom. The largest absolute Gasteiger partial charge is 0.303 e. The van der Waals surface area contributed by atoms with Crippen molar-refractivity contribution in [2.45, 2.75) is 26.7 Å². The van der Waals surface area contributed by atoms with Crippen molar-refractivity contribution in [1.82, 2.24) is 9.55 Å². The Bertz CT molecular complexity index is 674. The van der Waals surface area contributed by atoms with Crippen molar-refractivity contribution in [2.24, 2.45) is 5.92 Å². The Hall–Kier alpha value is -1.58. The minimum atomic E-state index is -0.133. The quantitative estimate of drug-likeness (QED) is 0.526. The van der Waals surface area contributed by atoms with Gasteiger partial charge in [0.05, 0.1) is 17.0 Å². The molecule has 0 saturated carbocycles. The van der Waals surface area contributed by atoms with E-state index in [1.54, 1.807) is 41.5 Å². The zero-order chi connectivity index (χ0) is 16.1. The Labute approximate surface area is 140 Å². The summed E-state index contributed by atoms with van der Waals surface area (Å²) >= 11 is 12.1. The molecule has 1 heterocycles. The van der Waals surface area contributed by atoms with Gasteiger partial charge in [-0.2, -0.15) is 0 Å². The van der Waals surface area contributed by atoms with Crippen LogP contribution in [0.25, 0.3) is 5.70 Å². The van der Waals surface area contributed by atoms with E-state index < -0.39 is 0 Å². The molecule has 116 valence electrons. The predicted octanol–water partition coefficient (Wildman–Crippen LogP) is 5.35. The number of imidazole rings is 1. The molecule has 0 aliphatic rings. The number of ketones is 1. The first-order valence-electron chi connectivity index (χ1n) is 7.26. The van der Waals surface area contributed by atoms with Crippen molar-refractivity contribution in [3.05, 3.63) is 58.6 Å². The number of hydrogen-bond acceptors (Lipinski definition) is 2. The summed E-state index contributed by atoms with van der Waals surface area (Å²) < 4.78 is 1.73. The molecule has 2 aromatic rings. The van der Waals surface area contributed by atoms with Crippen LogP contribution in [0.5, 0.6) is 0 Å². The summed E-state index contributed by atoms with van der Waals surface area (Å²) in [6, 6.07) is 4.91. The van der Waals surface area contributed by atoms with Gasteiger partial charge in [-0.15, -0.1) is 0 Å². The van der Waals surface area contributed by atoms with Crippen LogP contribution in [0, 0.1) is 5.92 Å². The van der Waals surface area contributed by atoms with Crippen molar-refractivity contribution in [1.29, 1.82) is 0 Å².